The standard InChI is InChI=1S/C17H14N2O3/c20-16(11-18-17(21)15-6-3-9-22-15)19-14-8-7-12-4-1-2-5-13(12)10-14/h1-10H,11H2,(H,18,21)(H,19,20). The minimum absolute atomic E-state index is 0.119. The maximum absolute atomic E-state index is 11.9. The van der Waals surface area contributed by atoms with Crippen molar-refractivity contribution in [3.05, 3.63) is 66.6 Å². The molecule has 5 heteroatoms. The van der Waals surface area contributed by atoms with Gasteiger partial charge in [0, 0.05) is 5.69 Å². The van der Waals surface area contributed by atoms with Crippen molar-refractivity contribution in [2.45, 2.75) is 0 Å². The first-order chi connectivity index (χ1) is 10.7. The Kier molecular flexibility index (Phi) is 3.87. The Morgan fingerprint density at radius 3 is 2.55 bits per heavy atom. The molecule has 0 spiro atoms. The van der Waals surface area contributed by atoms with Crippen molar-refractivity contribution in [2.24, 2.45) is 0 Å². The van der Waals surface area contributed by atoms with Gasteiger partial charge in [0.25, 0.3) is 5.91 Å². The lowest BCUT2D eigenvalue weighted by Crippen LogP contribution is -2.32. The summed E-state index contributed by atoms with van der Waals surface area (Å²) in [4.78, 5) is 23.5. The third kappa shape index (κ3) is 3.15. The summed E-state index contributed by atoms with van der Waals surface area (Å²) in [5.74, 6) is -0.535. The molecule has 2 aromatic carbocycles. The second-order valence-corrected chi connectivity index (χ2v) is 4.77. The predicted molar refractivity (Wildman–Crippen MR) is 83.6 cm³/mol. The third-order valence-corrected chi connectivity index (χ3v) is 3.19. The van der Waals surface area contributed by atoms with Crippen molar-refractivity contribution >= 4 is 28.3 Å². The van der Waals surface area contributed by atoms with Crippen LogP contribution in [0.1, 0.15) is 10.6 Å². The maximum atomic E-state index is 11.9. The highest BCUT2D eigenvalue weighted by Gasteiger charge is 2.10. The Morgan fingerprint density at radius 1 is 0.955 bits per heavy atom. The van der Waals surface area contributed by atoms with E-state index >= 15 is 0 Å². The van der Waals surface area contributed by atoms with E-state index < -0.39 is 5.91 Å². The van der Waals surface area contributed by atoms with E-state index in [2.05, 4.69) is 10.6 Å². The van der Waals surface area contributed by atoms with Gasteiger partial charge >= 0.3 is 0 Å². The van der Waals surface area contributed by atoms with E-state index in [1.807, 2.05) is 42.5 Å². The summed E-state index contributed by atoms with van der Waals surface area (Å²) < 4.78 is 4.95. The van der Waals surface area contributed by atoms with Gasteiger partial charge in [-0.3, -0.25) is 9.59 Å². The predicted octanol–water partition coefficient (Wildman–Crippen LogP) is 2.80. The highest BCUT2D eigenvalue weighted by Crippen LogP contribution is 2.18. The molecule has 0 saturated carbocycles. The van der Waals surface area contributed by atoms with Crippen LogP contribution in [0.2, 0.25) is 0 Å². The Bertz CT molecular complexity index is 810. The molecule has 1 aromatic heterocycles. The number of hydrogen-bond donors (Lipinski definition) is 2. The van der Waals surface area contributed by atoms with Crippen molar-refractivity contribution in [2.75, 3.05) is 11.9 Å². The number of benzene rings is 2. The van der Waals surface area contributed by atoms with Crippen LogP contribution in [0.5, 0.6) is 0 Å². The average Bonchev–Trinajstić information content (AvgIpc) is 3.07. The number of hydrogen-bond acceptors (Lipinski definition) is 3. The van der Waals surface area contributed by atoms with E-state index in [1.54, 1.807) is 6.07 Å². The first-order valence-electron chi connectivity index (χ1n) is 6.83. The van der Waals surface area contributed by atoms with Gasteiger partial charge in [0.1, 0.15) is 0 Å². The second-order valence-electron chi connectivity index (χ2n) is 4.77. The molecule has 0 fully saturated rings. The zero-order valence-corrected chi connectivity index (χ0v) is 11.7. The molecule has 22 heavy (non-hydrogen) atoms. The number of rotatable bonds is 4. The van der Waals surface area contributed by atoms with Gasteiger partial charge in [0.15, 0.2) is 5.76 Å². The quantitative estimate of drug-likeness (QED) is 0.777. The zero-order valence-electron chi connectivity index (χ0n) is 11.7. The molecule has 2 N–H and O–H groups in total. The number of carbonyl (C=O) groups is 2. The molecule has 0 bridgehead atoms. The topological polar surface area (TPSA) is 71.3 Å². The van der Waals surface area contributed by atoms with Crippen LogP contribution in [-0.4, -0.2) is 18.4 Å². The molecular weight excluding hydrogens is 280 g/mol. The highest BCUT2D eigenvalue weighted by molar-refractivity contribution is 5.99. The molecule has 0 aliphatic rings. The summed E-state index contributed by atoms with van der Waals surface area (Å²) in [5, 5.41) is 7.39. The van der Waals surface area contributed by atoms with Crippen LogP contribution in [-0.2, 0) is 4.79 Å². The van der Waals surface area contributed by atoms with Crippen LogP contribution in [0.3, 0.4) is 0 Å². The molecule has 0 saturated heterocycles. The van der Waals surface area contributed by atoms with E-state index in [-0.39, 0.29) is 18.2 Å². The lowest BCUT2D eigenvalue weighted by molar-refractivity contribution is -0.115. The van der Waals surface area contributed by atoms with Crippen LogP contribution in [0, 0.1) is 0 Å². The van der Waals surface area contributed by atoms with Gasteiger partial charge in [-0.25, -0.2) is 0 Å². The zero-order chi connectivity index (χ0) is 15.4. The van der Waals surface area contributed by atoms with Crippen LogP contribution in [0.4, 0.5) is 5.69 Å². The summed E-state index contributed by atoms with van der Waals surface area (Å²) in [6, 6.07) is 16.7. The van der Waals surface area contributed by atoms with Gasteiger partial charge in [0.05, 0.1) is 12.8 Å². The smallest absolute Gasteiger partial charge is 0.287 e. The van der Waals surface area contributed by atoms with Gasteiger partial charge in [-0.1, -0.05) is 30.3 Å². The molecular formula is C17H14N2O3. The minimum Gasteiger partial charge on any atom is -0.459 e. The van der Waals surface area contributed by atoms with E-state index in [0.29, 0.717) is 5.69 Å². The maximum Gasteiger partial charge on any atom is 0.287 e. The van der Waals surface area contributed by atoms with Gasteiger partial charge < -0.3 is 15.1 Å². The first-order valence-corrected chi connectivity index (χ1v) is 6.83. The fourth-order valence-corrected chi connectivity index (χ4v) is 2.13. The van der Waals surface area contributed by atoms with E-state index in [0.717, 1.165) is 10.8 Å². The molecule has 1 heterocycles. The number of fused-ring (bicyclic) bond motifs is 1. The van der Waals surface area contributed by atoms with E-state index in [9.17, 15) is 9.59 Å². The SMILES string of the molecule is O=C(CNC(=O)c1ccco1)Nc1ccc2ccccc2c1. The Labute approximate surface area is 126 Å². The molecule has 110 valence electrons. The Balaban J connectivity index is 1.59. The van der Waals surface area contributed by atoms with Crippen molar-refractivity contribution in [3.63, 3.8) is 0 Å². The molecule has 0 radical (unpaired) electrons. The molecule has 0 aliphatic heterocycles. The normalized spacial score (nSPS) is 10.4. The summed E-state index contributed by atoms with van der Waals surface area (Å²) in [5.41, 5.74) is 0.691. The molecule has 0 aliphatic carbocycles. The summed E-state index contributed by atoms with van der Waals surface area (Å²) in [6.07, 6.45) is 1.41. The first kappa shape index (κ1) is 13.9. The second kappa shape index (κ2) is 6.13. The lowest BCUT2D eigenvalue weighted by Gasteiger charge is -2.07. The molecule has 5 nitrogen and oxygen atoms in total. The van der Waals surface area contributed by atoms with Crippen LogP contribution >= 0.6 is 0 Å². The van der Waals surface area contributed by atoms with Crippen LogP contribution in [0.25, 0.3) is 10.8 Å². The van der Waals surface area contributed by atoms with Crippen molar-refractivity contribution in [1.82, 2.24) is 5.32 Å². The molecule has 0 unspecified atom stereocenters. The van der Waals surface area contributed by atoms with Crippen molar-refractivity contribution in [3.8, 4) is 0 Å². The Hall–Kier alpha value is -3.08. The van der Waals surface area contributed by atoms with E-state index in [1.165, 1.54) is 12.3 Å². The number of anilines is 1. The molecule has 2 amide bonds. The largest absolute Gasteiger partial charge is 0.459 e. The summed E-state index contributed by atoms with van der Waals surface area (Å²) in [6.45, 7) is -0.119. The van der Waals surface area contributed by atoms with Gasteiger partial charge in [-0.15, -0.1) is 0 Å². The number of carbonyl (C=O) groups excluding carboxylic acids is 2. The Morgan fingerprint density at radius 2 is 1.77 bits per heavy atom. The monoisotopic (exact) mass is 294 g/mol. The molecule has 0 atom stereocenters. The van der Waals surface area contributed by atoms with Crippen LogP contribution in [0.15, 0.2) is 65.3 Å². The van der Waals surface area contributed by atoms with Crippen molar-refractivity contribution in [1.29, 1.82) is 0 Å². The fraction of sp³-hybridized carbons (Fsp3) is 0.0588. The molecule has 3 aromatic rings. The highest BCUT2D eigenvalue weighted by atomic mass is 16.3. The van der Waals surface area contributed by atoms with Crippen LogP contribution < -0.4 is 10.6 Å². The number of nitrogens with one attached hydrogen (secondary N) is 2. The minimum atomic E-state index is -0.418. The van der Waals surface area contributed by atoms with Gasteiger partial charge in [-0.2, -0.15) is 0 Å². The average molecular weight is 294 g/mol. The van der Waals surface area contributed by atoms with Gasteiger partial charge in [0.2, 0.25) is 5.91 Å². The van der Waals surface area contributed by atoms with Crippen molar-refractivity contribution < 1.29 is 14.0 Å². The summed E-state index contributed by atoms with van der Waals surface area (Å²) in [7, 11) is 0. The summed E-state index contributed by atoms with van der Waals surface area (Å²) >= 11 is 0. The fourth-order valence-electron chi connectivity index (χ4n) is 2.13. The van der Waals surface area contributed by atoms with E-state index in [4.69, 9.17) is 4.42 Å². The van der Waals surface area contributed by atoms with Gasteiger partial charge in [-0.05, 0) is 35.0 Å². The third-order valence-electron chi connectivity index (χ3n) is 3.19. The lowest BCUT2D eigenvalue weighted by atomic mass is 10.1. The number of furan rings is 1. The number of amides is 2. The molecule has 3 rings (SSSR count).